The molecular weight excluding hydrogens is 269 g/mol. The maximum Gasteiger partial charge on any atom is 0.0595 e. The molecule has 0 saturated carbocycles. The summed E-state index contributed by atoms with van der Waals surface area (Å²) in [5, 5.41) is 10.7. The standard InChI is InChI=1S/C14H19Cl2NO/c1-10(18)7-12-3-2-6-17(12)9-11-4-5-13(15)14(16)8-11/h4-5,8,10,12,18H,2-3,6-7,9H2,1H3. The predicted molar refractivity (Wildman–Crippen MR) is 76.2 cm³/mol. The third-order valence-electron chi connectivity index (χ3n) is 3.48. The molecule has 1 fully saturated rings. The van der Waals surface area contributed by atoms with Crippen molar-refractivity contribution in [2.75, 3.05) is 6.54 Å². The molecule has 1 aliphatic rings. The fraction of sp³-hybridized carbons (Fsp3) is 0.571. The Labute approximate surface area is 119 Å². The number of rotatable bonds is 4. The Morgan fingerprint density at radius 1 is 1.39 bits per heavy atom. The Kier molecular flexibility index (Phi) is 4.91. The van der Waals surface area contributed by atoms with Crippen LogP contribution in [0.1, 0.15) is 31.7 Å². The van der Waals surface area contributed by atoms with E-state index < -0.39 is 0 Å². The quantitative estimate of drug-likeness (QED) is 0.912. The Morgan fingerprint density at radius 3 is 2.83 bits per heavy atom. The van der Waals surface area contributed by atoms with Gasteiger partial charge in [0.05, 0.1) is 16.1 Å². The first-order valence-corrected chi connectivity index (χ1v) is 7.18. The van der Waals surface area contributed by atoms with E-state index in [2.05, 4.69) is 4.90 Å². The van der Waals surface area contributed by atoms with Crippen LogP contribution >= 0.6 is 23.2 Å². The molecule has 1 aromatic rings. The Bertz CT molecular complexity index is 409. The van der Waals surface area contributed by atoms with Crippen LogP contribution in [-0.2, 0) is 6.54 Å². The molecule has 0 aliphatic carbocycles. The van der Waals surface area contributed by atoms with Gasteiger partial charge in [-0.25, -0.2) is 0 Å². The van der Waals surface area contributed by atoms with E-state index in [4.69, 9.17) is 23.2 Å². The van der Waals surface area contributed by atoms with Crippen molar-refractivity contribution in [3.8, 4) is 0 Å². The van der Waals surface area contributed by atoms with E-state index in [-0.39, 0.29) is 6.10 Å². The monoisotopic (exact) mass is 287 g/mol. The summed E-state index contributed by atoms with van der Waals surface area (Å²) in [7, 11) is 0. The second-order valence-electron chi connectivity index (χ2n) is 5.10. The van der Waals surface area contributed by atoms with Crippen molar-refractivity contribution in [3.63, 3.8) is 0 Å². The summed E-state index contributed by atoms with van der Waals surface area (Å²) in [4.78, 5) is 2.42. The molecular formula is C14H19Cl2NO. The van der Waals surface area contributed by atoms with Gasteiger partial charge in [-0.1, -0.05) is 29.3 Å². The zero-order valence-electron chi connectivity index (χ0n) is 10.6. The molecule has 2 unspecified atom stereocenters. The second kappa shape index (κ2) is 6.25. The highest BCUT2D eigenvalue weighted by atomic mass is 35.5. The van der Waals surface area contributed by atoms with E-state index in [1.165, 1.54) is 18.4 Å². The Morgan fingerprint density at radius 2 is 2.17 bits per heavy atom. The highest BCUT2D eigenvalue weighted by Gasteiger charge is 2.25. The Balaban J connectivity index is 2.01. The third kappa shape index (κ3) is 3.61. The average Bonchev–Trinajstić information content (AvgIpc) is 2.70. The summed E-state index contributed by atoms with van der Waals surface area (Å²) in [6, 6.07) is 6.28. The Hall–Kier alpha value is -0.280. The number of nitrogens with zero attached hydrogens (tertiary/aromatic N) is 1. The van der Waals surface area contributed by atoms with Crippen molar-refractivity contribution < 1.29 is 5.11 Å². The van der Waals surface area contributed by atoms with E-state index in [9.17, 15) is 5.11 Å². The van der Waals surface area contributed by atoms with Crippen LogP contribution in [0.3, 0.4) is 0 Å². The SMILES string of the molecule is CC(O)CC1CCCN1Cc1ccc(Cl)c(Cl)c1. The molecule has 4 heteroatoms. The molecule has 1 saturated heterocycles. The van der Waals surface area contributed by atoms with Gasteiger partial charge in [0.25, 0.3) is 0 Å². The molecule has 0 spiro atoms. The van der Waals surface area contributed by atoms with E-state index in [1.54, 1.807) is 0 Å². The topological polar surface area (TPSA) is 23.5 Å². The predicted octanol–water partition coefficient (Wildman–Crippen LogP) is 3.73. The van der Waals surface area contributed by atoms with Crippen LogP contribution < -0.4 is 0 Å². The molecule has 0 radical (unpaired) electrons. The normalized spacial score (nSPS) is 22.3. The molecule has 2 atom stereocenters. The first-order valence-electron chi connectivity index (χ1n) is 6.42. The van der Waals surface area contributed by atoms with Crippen LogP contribution in [0.4, 0.5) is 0 Å². The van der Waals surface area contributed by atoms with Crippen molar-refractivity contribution >= 4 is 23.2 Å². The van der Waals surface area contributed by atoms with Crippen LogP contribution in [0.5, 0.6) is 0 Å². The van der Waals surface area contributed by atoms with Crippen molar-refractivity contribution in [1.29, 1.82) is 0 Å². The largest absolute Gasteiger partial charge is 0.393 e. The average molecular weight is 288 g/mol. The summed E-state index contributed by atoms with van der Waals surface area (Å²) >= 11 is 11.9. The van der Waals surface area contributed by atoms with E-state index in [1.807, 2.05) is 25.1 Å². The van der Waals surface area contributed by atoms with Crippen LogP contribution in [0.25, 0.3) is 0 Å². The number of aliphatic hydroxyl groups is 1. The van der Waals surface area contributed by atoms with Gasteiger partial charge < -0.3 is 5.11 Å². The van der Waals surface area contributed by atoms with Gasteiger partial charge in [0.1, 0.15) is 0 Å². The van der Waals surface area contributed by atoms with Crippen LogP contribution in [-0.4, -0.2) is 28.7 Å². The van der Waals surface area contributed by atoms with Gasteiger partial charge in [0, 0.05) is 12.6 Å². The summed E-state index contributed by atoms with van der Waals surface area (Å²) < 4.78 is 0. The van der Waals surface area contributed by atoms with Gasteiger partial charge in [0.15, 0.2) is 0 Å². The molecule has 1 N–H and O–H groups in total. The lowest BCUT2D eigenvalue weighted by Gasteiger charge is -2.25. The first-order chi connectivity index (χ1) is 8.56. The highest BCUT2D eigenvalue weighted by Crippen LogP contribution is 2.27. The number of halogens is 2. The van der Waals surface area contributed by atoms with E-state index in [0.717, 1.165) is 19.5 Å². The number of likely N-dealkylation sites (tertiary alicyclic amines) is 1. The fourth-order valence-corrected chi connectivity index (χ4v) is 2.96. The van der Waals surface area contributed by atoms with Gasteiger partial charge in [-0.15, -0.1) is 0 Å². The molecule has 2 nitrogen and oxygen atoms in total. The maximum atomic E-state index is 9.51. The fourth-order valence-electron chi connectivity index (χ4n) is 2.64. The summed E-state index contributed by atoms with van der Waals surface area (Å²) in [6.07, 6.45) is 3.00. The van der Waals surface area contributed by atoms with Crippen LogP contribution in [0.2, 0.25) is 10.0 Å². The molecule has 18 heavy (non-hydrogen) atoms. The lowest BCUT2D eigenvalue weighted by atomic mass is 10.1. The maximum absolute atomic E-state index is 9.51. The smallest absolute Gasteiger partial charge is 0.0595 e. The zero-order valence-corrected chi connectivity index (χ0v) is 12.1. The number of hydrogen-bond donors (Lipinski definition) is 1. The van der Waals surface area contributed by atoms with E-state index >= 15 is 0 Å². The molecule has 100 valence electrons. The minimum Gasteiger partial charge on any atom is -0.393 e. The molecule has 1 aromatic carbocycles. The molecule has 0 aromatic heterocycles. The van der Waals surface area contributed by atoms with Crippen molar-refractivity contribution in [2.24, 2.45) is 0 Å². The van der Waals surface area contributed by atoms with Crippen molar-refractivity contribution in [3.05, 3.63) is 33.8 Å². The van der Waals surface area contributed by atoms with Gasteiger partial charge in [-0.05, 0) is 50.4 Å². The summed E-state index contributed by atoms with van der Waals surface area (Å²) in [5.41, 5.74) is 1.18. The van der Waals surface area contributed by atoms with Gasteiger partial charge in [0.2, 0.25) is 0 Å². The third-order valence-corrected chi connectivity index (χ3v) is 4.22. The number of aliphatic hydroxyl groups excluding tert-OH is 1. The molecule has 1 heterocycles. The number of hydrogen-bond acceptors (Lipinski definition) is 2. The van der Waals surface area contributed by atoms with Gasteiger partial charge >= 0.3 is 0 Å². The highest BCUT2D eigenvalue weighted by molar-refractivity contribution is 6.42. The van der Waals surface area contributed by atoms with Gasteiger partial charge in [-0.3, -0.25) is 4.90 Å². The summed E-state index contributed by atoms with van der Waals surface area (Å²) in [5.74, 6) is 0. The zero-order chi connectivity index (χ0) is 13.1. The van der Waals surface area contributed by atoms with E-state index in [0.29, 0.717) is 16.1 Å². The lowest BCUT2D eigenvalue weighted by Crippen LogP contribution is -2.31. The molecule has 2 rings (SSSR count). The van der Waals surface area contributed by atoms with Crippen molar-refractivity contribution in [2.45, 2.75) is 44.9 Å². The van der Waals surface area contributed by atoms with Crippen LogP contribution in [0, 0.1) is 0 Å². The first kappa shape index (κ1) is 14.1. The minimum absolute atomic E-state index is 0.232. The number of benzene rings is 1. The van der Waals surface area contributed by atoms with Crippen LogP contribution in [0.15, 0.2) is 18.2 Å². The molecule has 1 aliphatic heterocycles. The lowest BCUT2D eigenvalue weighted by molar-refractivity contribution is 0.131. The molecule has 0 amide bonds. The molecule has 0 bridgehead atoms. The van der Waals surface area contributed by atoms with Gasteiger partial charge in [-0.2, -0.15) is 0 Å². The second-order valence-corrected chi connectivity index (χ2v) is 5.91. The van der Waals surface area contributed by atoms with Crippen molar-refractivity contribution in [1.82, 2.24) is 4.90 Å². The minimum atomic E-state index is -0.232. The summed E-state index contributed by atoms with van der Waals surface area (Å²) in [6.45, 7) is 3.83.